The molecule has 0 aliphatic carbocycles. The molecule has 2 aliphatic rings. The van der Waals surface area contributed by atoms with Gasteiger partial charge in [-0.25, -0.2) is 4.98 Å². The van der Waals surface area contributed by atoms with Crippen molar-refractivity contribution in [1.29, 1.82) is 0 Å². The minimum atomic E-state index is 0.264. The molecular formula is C21H28N4O2. The third-order valence-corrected chi connectivity index (χ3v) is 5.61. The van der Waals surface area contributed by atoms with Crippen LogP contribution in [-0.2, 0) is 17.8 Å². The van der Waals surface area contributed by atoms with E-state index in [1.807, 2.05) is 29.2 Å². The van der Waals surface area contributed by atoms with Crippen molar-refractivity contribution in [3.63, 3.8) is 0 Å². The van der Waals surface area contributed by atoms with Crippen molar-refractivity contribution in [3.05, 3.63) is 35.7 Å². The van der Waals surface area contributed by atoms with E-state index in [1.165, 1.54) is 25.9 Å². The largest absolute Gasteiger partial charge is 0.497 e. The summed E-state index contributed by atoms with van der Waals surface area (Å²) in [5, 5.41) is 0. The fraction of sp³-hybridized carbons (Fsp3) is 0.524. The van der Waals surface area contributed by atoms with Gasteiger partial charge in [0.25, 0.3) is 0 Å². The molecule has 1 aromatic carbocycles. The molecule has 1 fully saturated rings. The number of imidazole rings is 1. The van der Waals surface area contributed by atoms with Gasteiger partial charge in [-0.2, -0.15) is 0 Å². The molecule has 6 heteroatoms. The van der Waals surface area contributed by atoms with Crippen molar-refractivity contribution in [2.45, 2.75) is 38.6 Å². The molecule has 1 amide bonds. The number of methoxy groups -OCH3 is 1. The van der Waals surface area contributed by atoms with E-state index in [1.54, 1.807) is 7.11 Å². The molecule has 27 heavy (non-hydrogen) atoms. The maximum Gasteiger partial charge on any atom is 0.222 e. The lowest BCUT2D eigenvalue weighted by Crippen LogP contribution is -2.36. The molecule has 2 aliphatic heterocycles. The topological polar surface area (TPSA) is 61.5 Å². The lowest BCUT2D eigenvalue weighted by Gasteiger charge is -2.26. The highest BCUT2D eigenvalue weighted by Gasteiger charge is 2.24. The van der Waals surface area contributed by atoms with Crippen LogP contribution < -0.4 is 4.74 Å². The number of nitrogens with one attached hydrogen (secondary N) is 1. The summed E-state index contributed by atoms with van der Waals surface area (Å²) in [4.78, 5) is 25.2. The molecule has 6 nitrogen and oxygen atoms in total. The number of ether oxygens (including phenoxy) is 1. The minimum absolute atomic E-state index is 0.264. The highest BCUT2D eigenvalue weighted by Crippen LogP contribution is 2.25. The Balaban J connectivity index is 1.34. The van der Waals surface area contributed by atoms with E-state index in [0.717, 1.165) is 54.5 Å². The molecular weight excluding hydrogens is 340 g/mol. The Morgan fingerprint density at radius 1 is 1.19 bits per heavy atom. The lowest BCUT2D eigenvalue weighted by atomic mass is 10.1. The predicted octanol–water partition coefficient (Wildman–Crippen LogP) is 2.85. The van der Waals surface area contributed by atoms with Gasteiger partial charge in [0, 0.05) is 24.9 Å². The van der Waals surface area contributed by atoms with Crippen molar-refractivity contribution in [3.8, 4) is 17.1 Å². The van der Waals surface area contributed by atoms with Crippen LogP contribution in [0.15, 0.2) is 24.3 Å². The molecule has 144 valence electrons. The second-order valence-corrected chi connectivity index (χ2v) is 7.46. The maximum absolute atomic E-state index is 12.6. The molecule has 0 spiro atoms. The van der Waals surface area contributed by atoms with Crippen LogP contribution in [0.1, 0.15) is 37.1 Å². The summed E-state index contributed by atoms with van der Waals surface area (Å²) >= 11 is 0. The summed E-state index contributed by atoms with van der Waals surface area (Å²) < 4.78 is 5.21. The van der Waals surface area contributed by atoms with Crippen LogP contribution >= 0.6 is 0 Å². The number of aromatic amines is 1. The summed E-state index contributed by atoms with van der Waals surface area (Å²) in [6.45, 7) is 4.85. The summed E-state index contributed by atoms with van der Waals surface area (Å²) in [7, 11) is 1.66. The molecule has 1 N–H and O–H groups in total. The molecule has 0 bridgehead atoms. The van der Waals surface area contributed by atoms with Gasteiger partial charge in [0.15, 0.2) is 0 Å². The number of rotatable bonds is 6. The number of amides is 1. The zero-order valence-electron chi connectivity index (χ0n) is 16.0. The predicted molar refractivity (Wildman–Crippen MR) is 105 cm³/mol. The number of carbonyl (C=O) groups excluding carboxylic acids is 1. The summed E-state index contributed by atoms with van der Waals surface area (Å²) in [6.07, 6.45) is 5.03. The third-order valence-electron chi connectivity index (χ3n) is 5.61. The van der Waals surface area contributed by atoms with Gasteiger partial charge in [-0.1, -0.05) is 0 Å². The van der Waals surface area contributed by atoms with E-state index in [-0.39, 0.29) is 5.91 Å². The SMILES string of the molecule is COc1ccc(-c2nc3c([nH]2)CN(C(=O)CCCN2CCCC2)CC3)cc1. The normalized spacial score (nSPS) is 17.1. The molecule has 4 rings (SSSR count). The van der Waals surface area contributed by atoms with Gasteiger partial charge in [-0.05, 0) is 63.2 Å². The second kappa shape index (κ2) is 8.13. The number of hydrogen-bond donors (Lipinski definition) is 1. The van der Waals surface area contributed by atoms with Crippen molar-refractivity contribution in [2.24, 2.45) is 0 Å². The summed E-state index contributed by atoms with van der Waals surface area (Å²) in [6, 6.07) is 7.88. The molecule has 0 saturated carbocycles. The van der Waals surface area contributed by atoms with Gasteiger partial charge < -0.3 is 19.5 Å². The first-order valence-corrected chi connectivity index (χ1v) is 9.95. The highest BCUT2D eigenvalue weighted by molar-refractivity contribution is 5.76. The molecule has 1 saturated heterocycles. The maximum atomic E-state index is 12.6. The van der Waals surface area contributed by atoms with Crippen LogP contribution in [0.2, 0.25) is 0 Å². The number of nitrogens with zero attached hydrogens (tertiary/aromatic N) is 3. The van der Waals surface area contributed by atoms with E-state index in [2.05, 4.69) is 9.88 Å². The van der Waals surface area contributed by atoms with E-state index in [4.69, 9.17) is 9.72 Å². The lowest BCUT2D eigenvalue weighted by molar-refractivity contribution is -0.132. The number of likely N-dealkylation sites (tertiary alicyclic amines) is 1. The highest BCUT2D eigenvalue weighted by atomic mass is 16.5. The smallest absolute Gasteiger partial charge is 0.222 e. The Kier molecular flexibility index (Phi) is 5.43. The van der Waals surface area contributed by atoms with Crippen LogP contribution in [0.3, 0.4) is 0 Å². The van der Waals surface area contributed by atoms with Crippen molar-refractivity contribution < 1.29 is 9.53 Å². The zero-order chi connectivity index (χ0) is 18.6. The Morgan fingerprint density at radius 3 is 2.70 bits per heavy atom. The number of hydrogen-bond acceptors (Lipinski definition) is 4. The first-order valence-electron chi connectivity index (χ1n) is 9.95. The monoisotopic (exact) mass is 368 g/mol. The fourth-order valence-electron chi connectivity index (χ4n) is 4.01. The molecule has 1 aromatic heterocycles. The number of H-pyrrole nitrogens is 1. The average molecular weight is 368 g/mol. The van der Waals surface area contributed by atoms with Gasteiger partial charge >= 0.3 is 0 Å². The first-order chi connectivity index (χ1) is 13.2. The van der Waals surface area contributed by atoms with Crippen LogP contribution in [0.5, 0.6) is 5.75 Å². The van der Waals surface area contributed by atoms with Crippen LogP contribution in [0.4, 0.5) is 0 Å². The molecule has 0 atom stereocenters. The van der Waals surface area contributed by atoms with Gasteiger partial charge in [0.05, 0.1) is 25.0 Å². The summed E-state index contributed by atoms with van der Waals surface area (Å²) in [5.74, 6) is 1.97. The van der Waals surface area contributed by atoms with E-state index in [0.29, 0.717) is 13.0 Å². The van der Waals surface area contributed by atoms with Crippen molar-refractivity contribution in [2.75, 3.05) is 33.3 Å². The third kappa shape index (κ3) is 4.16. The number of carbonyl (C=O) groups is 1. The van der Waals surface area contributed by atoms with Gasteiger partial charge in [-0.15, -0.1) is 0 Å². The summed E-state index contributed by atoms with van der Waals surface area (Å²) in [5.41, 5.74) is 3.19. The zero-order valence-corrected chi connectivity index (χ0v) is 16.0. The quantitative estimate of drug-likeness (QED) is 0.852. The van der Waals surface area contributed by atoms with E-state index >= 15 is 0 Å². The number of aromatic nitrogens is 2. The number of benzene rings is 1. The Morgan fingerprint density at radius 2 is 1.96 bits per heavy atom. The number of fused-ring (bicyclic) bond motifs is 1. The minimum Gasteiger partial charge on any atom is -0.497 e. The van der Waals surface area contributed by atoms with E-state index in [9.17, 15) is 4.79 Å². The van der Waals surface area contributed by atoms with Gasteiger partial charge in [-0.3, -0.25) is 4.79 Å². The van der Waals surface area contributed by atoms with Crippen LogP contribution in [-0.4, -0.2) is 59.0 Å². The molecule has 3 heterocycles. The van der Waals surface area contributed by atoms with Crippen LogP contribution in [0, 0.1) is 0 Å². The molecule has 0 radical (unpaired) electrons. The van der Waals surface area contributed by atoms with Gasteiger partial charge in [0.2, 0.25) is 5.91 Å². The average Bonchev–Trinajstić information content (AvgIpc) is 3.37. The standard InChI is InChI=1S/C21H28N4O2/c1-27-17-8-6-16(7-9-17)21-22-18-10-14-25(15-19(18)23-21)20(26)5-4-13-24-11-2-3-12-24/h6-9H,2-5,10-15H2,1H3,(H,22,23). The van der Waals surface area contributed by atoms with Crippen molar-refractivity contribution in [1.82, 2.24) is 19.8 Å². The van der Waals surface area contributed by atoms with Crippen molar-refractivity contribution >= 4 is 5.91 Å². The van der Waals surface area contributed by atoms with Gasteiger partial charge in [0.1, 0.15) is 11.6 Å². The van der Waals surface area contributed by atoms with E-state index < -0.39 is 0 Å². The molecule has 0 unspecified atom stereocenters. The molecule has 2 aromatic rings. The Bertz CT molecular complexity index is 778. The Labute approximate surface area is 160 Å². The first kappa shape index (κ1) is 18.0. The fourth-order valence-corrected chi connectivity index (χ4v) is 4.01. The van der Waals surface area contributed by atoms with Crippen LogP contribution in [0.25, 0.3) is 11.4 Å². The second-order valence-electron chi connectivity index (χ2n) is 7.46. The Hall–Kier alpha value is -2.34.